The molecule has 0 bridgehead atoms. The lowest BCUT2D eigenvalue weighted by atomic mass is 10.1. The SMILES string of the molecule is CCc1ccc(C(O)CNC(C)C)cc1. The van der Waals surface area contributed by atoms with Crippen LogP contribution < -0.4 is 5.32 Å². The summed E-state index contributed by atoms with van der Waals surface area (Å²) >= 11 is 0. The molecule has 0 fully saturated rings. The quantitative estimate of drug-likeness (QED) is 0.776. The van der Waals surface area contributed by atoms with Crippen molar-refractivity contribution in [2.24, 2.45) is 0 Å². The molecular formula is C13H21NO. The Bertz CT molecular complexity index is 279. The van der Waals surface area contributed by atoms with Gasteiger partial charge in [-0.1, -0.05) is 45.0 Å². The molecule has 0 radical (unpaired) electrons. The molecule has 1 rings (SSSR count). The average molecular weight is 207 g/mol. The molecule has 1 atom stereocenters. The highest BCUT2D eigenvalue weighted by molar-refractivity contribution is 5.24. The Labute approximate surface area is 92.3 Å². The van der Waals surface area contributed by atoms with Crippen molar-refractivity contribution in [2.75, 3.05) is 6.54 Å². The van der Waals surface area contributed by atoms with E-state index in [-0.39, 0.29) is 0 Å². The molecule has 1 aromatic carbocycles. The number of aliphatic hydroxyl groups is 1. The molecular weight excluding hydrogens is 186 g/mol. The van der Waals surface area contributed by atoms with E-state index in [4.69, 9.17) is 0 Å². The second kappa shape index (κ2) is 5.89. The lowest BCUT2D eigenvalue weighted by Gasteiger charge is -2.14. The van der Waals surface area contributed by atoms with Gasteiger partial charge in [0.2, 0.25) is 0 Å². The van der Waals surface area contributed by atoms with Crippen LogP contribution >= 0.6 is 0 Å². The van der Waals surface area contributed by atoms with E-state index in [1.807, 2.05) is 12.1 Å². The van der Waals surface area contributed by atoms with Gasteiger partial charge in [0, 0.05) is 12.6 Å². The monoisotopic (exact) mass is 207 g/mol. The lowest BCUT2D eigenvalue weighted by Crippen LogP contribution is -2.27. The predicted molar refractivity (Wildman–Crippen MR) is 63.9 cm³/mol. The Morgan fingerprint density at radius 1 is 1.20 bits per heavy atom. The fourth-order valence-electron chi connectivity index (χ4n) is 1.44. The standard InChI is InChI=1S/C13H21NO/c1-4-11-5-7-12(8-6-11)13(15)9-14-10(2)3/h5-8,10,13-15H,4,9H2,1-3H3. The van der Waals surface area contributed by atoms with Crippen LogP contribution in [0.15, 0.2) is 24.3 Å². The van der Waals surface area contributed by atoms with E-state index in [0.29, 0.717) is 12.6 Å². The fraction of sp³-hybridized carbons (Fsp3) is 0.538. The van der Waals surface area contributed by atoms with Crippen LogP contribution in [0.1, 0.15) is 38.0 Å². The molecule has 0 aliphatic rings. The number of hydrogen-bond acceptors (Lipinski definition) is 2. The normalized spacial score (nSPS) is 13.1. The van der Waals surface area contributed by atoms with Gasteiger partial charge in [0.25, 0.3) is 0 Å². The molecule has 2 N–H and O–H groups in total. The van der Waals surface area contributed by atoms with Crippen LogP contribution in [-0.4, -0.2) is 17.7 Å². The molecule has 0 saturated carbocycles. The van der Waals surface area contributed by atoms with E-state index in [9.17, 15) is 5.11 Å². The summed E-state index contributed by atoms with van der Waals surface area (Å²) in [6.07, 6.45) is 0.638. The first-order chi connectivity index (χ1) is 7.13. The molecule has 15 heavy (non-hydrogen) atoms. The summed E-state index contributed by atoms with van der Waals surface area (Å²) in [5.41, 5.74) is 2.29. The van der Waals surface area contributed by atoms with E-state index in [0.717, 1.165) is 12.0 Å². The topological polar surface area (TPSA) is 32.3 Å². The zero-order valence-corrected chi connectivity index (χ0v) is 9.83. The predicted octanol–water partition coefficient (Wildman–Crippen LogP) is 2.28. The van der Waals surface area contributed by atoms with Crippen molar-refractivity contribution in [2.45, 2.75) is 39.3 Å². The maximum absolute atomic E-state index is 9.87. The maximum Gasteiger partial charge on any atom is 0.0914 e. The van der Waals surface area contributed by atoms with Crippen molar-refractivity contribution in [3.05, 3.63) is 35.4 Å². The Balaban J connectivity index is 2.54. The summed E-state index contributed by atoms with van der Waals surface area (Å²) in [7, 11) is 0. The number of nitrogens with one attached hydrogen (secondary N) is 1. The first-order valence-electron chi connectivity index (χ1n) is 5.63. The van der Waals surface area contributed by atoms with E-state index in [1.165, 1.54) is 5.56 Å². The van der Waals surface area contributed by atoms with Gasteiger partial charge < -0.3 is 10.4 Å². The van der Waals surface area contributed by atoms with Crippen LogP contribution in [0.2, 0.25) is 0 Å². The third kappa shape index (κ3) is 4.02. The first kappa shape index (κ1) is 12.2. The van der Waals surface area contributed by atoms with Crippen LogP contribution in [0.5, 0.6) is 0 Å². The van der Waals surface area contributed by atoms with Gasteiger partial charge in [-0.25, -0.2) is 0 Å². The van der Waals surface area contributed by atoms with Crippen LogP contribution in [0, 0.1) is 0 Å². The lowest BCUT2D eigenvalue weighted by molar-refractivity contribution is 0.171. The second-order valence-corrected chi connectivity index (χ2v) is 4.17. The summed E-state index contributed by atoms with van der Waals surface area (Å²) < 4.78 is 0. The highest BCUT2D eigenvalue weighted by Gasteiger charge is 2.07. The van der Waals surface area contributed by atoms with Crippen molar-refractivity contribution in [3.63, 3.8) is 0 Å². The summed E-state index contributed by atoms with van der Waals surface area (Å²) in [5.74, 6) is 0. The highest BCUT2D eigenvalue weighted by Crippen LogP contribution is 2.13. The average Bonchev–Trinajstić information content (AvgIpc) is 2.26. The summed E-state index contributed by atoms with van der Waals surface area (Å²) in [4.78, 5) is 0. The molecule has 0 aromatic heterocycles. The van der Waals surface area contributed by atoms with Gasteiger partial charge in [0.1, 0.15) is 0 Å². The molecule has 84 valence electrons. The van der Waals surface area contributed by atoms with Crippen LogP contribution in [0.3, 0.4) is 0 Å². The Morgan fingerprint density at radius 3 is 2.27 bits per heavy atom. The molecule has 0 heterocycles. The number of rotatable bonds is 5. The smallest absolute Gasteiger partial charge is 0.0914 e. The van der Waals surface area contributed by atoms with Gasteiger partial charge in [-0.05, 0) is 17.5 Å². The number of hydrogen-bond donors (Lipinski definition) is 2. The largest absolute Gasteiger partial charge is 0.387 e. The Hall–Kier alpha value is -0.860. The van der Waals surface area contributed by atoms with Gasteiger partial charge in [-0.3, -0.25) is 0 Å². The minimum Gasteiger partial charge on any atom is -0.387 e. The highest BCUT2D eigenvalue weighted by atomic mass is 16.3. The zero-order chi connectivity index (χ0) is 11.3. The molecule has 2 heteroatoms. The molecule has 0 aliphatic heterocycles. The van der Waals surface area contributed by atoms with Crippen molar-refractivity contribution >= 4 is 0 Å². The van der Waals surface area contributed by atoms with Crippen LogP contribution in [-0.2, 0) is 6.42 Å². The third-order valence-corrected chi connectivity index (χ3v) is 2.49. The van der Waals surface area contributed by atoms with Crippen LogP contribution in [0.25, 0.3) is 0 Å². The summed E-state index contributed by atoms with van der Waals surface area (Å²) in [6.45, 7) is 6.90. The Morgan fingerprint density at radius 2 is 1.80 bits per heavy atom. The molecule has 2 nitrogen and oxygen atoms in total. The van der Waals surface area contributed by atoms with E-state index in [1.54, 1.807) is 0 Å². The van der Waals surface area contributed by atoms with Crippen molar-refractivity contribution in [1.29, 1.82) is 0 Å². The van der Waals surface area contributed by atoms with E-state index in [2.05, 4.69) is 38.2 Å². The zero-order valence-electron chi connectivity index (χ0n) is 9.83. The van der Waals surface area contributed by atoms with Crippen molar-refractivity contribution < 1.29 is 5.11 Å². The van der Waals surface area contributed by atoms with Gasteiger partial charge >= 0.3 is 0 Å². The number of aryl methyl sites for hydroxylation is 1. The van der Waals surface area contributed by atoms with E-state index < -0.39 is 6.10 Å². The minimum atomic E-state index is -0.404. The number of benzene rings is 1. The number of aliphatic hydroxyl groups excluding tert-OH is 1. The molecule has 1 unspecified atom stereocenters. The van der Waals surface area contributed by atoms with Gasteiger partial charge in [-0.2, -0.15) is 0 Å². The molecule has 0 spiro atoms. The fourth-order valence-corrected chi connectivity index (χ4v) is 1.44. The summed E-state index contributed by atoms with van der Waals surface area (Å²) in [6, 6.07) is 8.58. The minimum absolute atomic E-state index is 0.404. The first-order valence-corrected chi connectivity index (χ1v) is 5.63. The molecule has 1 aromatic rings. The molecule has 0 saturated heterocycles. The molecule has 0 amide bonds. The van der Waals surface area contributed by atoms with Gasteiger partial charge in [0.15, 0.2) is 0 Å². The second-order valence-electron chi connectivity index (χ2n) is 4.17. The molecule has 0 aliphatic carbocycles. The van der Waals surface area contributed by atoms with E-state index >= 15 is 0 Å². The Kier molecular flexibility index (Phi) is 4.79. The van der Waals surface area contributed by atoms with Crippen molar-refractivity contribution in [3.8, 4) is 0 Å². The van der Waals surface area contributed by atoms with Crippen LogP contribution in [0.4, 0.5) is 0 Å². The third-order valence-electron chi connectivity index (χ3n) is 2.49. The van der Waals surface area contributed by atoms with Gasteiger partial charge in [-0.15, -0.1) is 0 Å². The summed E-state index contributed by atoms with van der Waals surface area (Å²) in [5, 5.41) is 13.1. The maximum atomic E-state index is 9.87. The van der Waals surface area contributed by atoms with Gasteiger partial charge in [0.05, 0.1) is 6.10 Å². The van der Waals surface area contributed by atoms with Crippen molar-refractivity contribution in [1.82, 2.24) is 5.32 Å².